The van der Waals surface area contributed by atoms with Crippen LogP contribution in [0.25, 0.3) is 0 Å². The van der Waals surface area contributed by atoms with Crippen LogP contribution in [0.15, 0.2) is 16.6 Å². The molecule has 0 aromatic heterocycles. The lowest BCUT2D eigenvalue weighted by atomic mass is 10.2. The SMILES string of the molecule is Cc1cc(Br)cc(Cl)c1OCC(=O)NCC[NH+]1CCOCC1. The van der Waals surface area contributed by atoms with Crippen LogP contribution in [0.4, 0.5) is 0 Å². The third kappa shape index (κ3) is 5.43. The summed E-state index contributed by atoms with van der Waals surface area (Å²) in [6.45, 7) is 7.02. The first kappa shape index (κ1) is 17.5. The minimum absolute atomic E-state index is 0.0271. The van der Waals surface area contributed by atoms with Crippen LogP contribution in [-0.2, 0) is 9.53 Å². The van der Waals surface area contributed by atoms with Crippen LogP contribution < -0.4 is 15.0 Å². The number of halogens is 2. The van der Waals surface area contributed by atoms with Crippen molar-refractivity contribution in [3.8, 4) is 5.75 Å². The van der Waals surface area contributed by atoms with E-state index in [9.17, 15) is 4.79 Å². The Morgan fingerprint density at radius 1 is 1.45 bits per heavy atom. The zero-order valence-corrected chi connectivity index (χ0v) is 14.9. The summed E-state index contributed by atoms with van der Waals surface area (Å²) in [6.07, 6.45) is 0. The molecule has 0 radical (unpaired) electrons. The van der Waals surface area contributed by atoms with E-state index in [4.69, 9.17) is 21.1 Å². The van der Waals surface area contributed by atoms with Gasteiger partial charge in [0.2, 0.25) is 0 Å². The van der Waals surface area contributed by atoms with Gasteiger partial charge in [-0.15, -0.1) is 0 Å². The molecule has 0 atom stereocenters. The molecule has 1 saturated heterocycles. The molecule has 1 aliphatic heterocycles. The fraction of sp³-hybridized carbons (Fsp3) is 0.533. The fourth-order valence-corrected chi connectivity index (χ4v) is 3.37. The predicted molar refractivity (Wildman–Crippen MR) is 88.8 cm³/mol. The van der Waals surface area contributed by atoms with Crippen molar-refractivity contribution in [1.29, 1.82) is 0 Å². The number of carbonyl (C=O) groups is 1. The van der Waals surface area contributed by atoms with E-state index in [-0.39, 0.29) is 12.5 Å². The quantitative estimate of drug-likeness (QED) is 0.754. The summed E-state index contributed by atoms with van der Waals surface area (Å²) >= 11 is 9.49. The Labute approximate surface area is 144 Å². The average molecular weight is 393 g/mol. The number of hydrogen-bond acceptors (Lipinski definition) is 3. The molecule has 5 nitrogen and oxygen atoms in total. The lowest BCUT2D eigenvalue weighted by Gasteiger charge is -2.23. The Kier molecular flexibility index (Phi) is 6.95. The van der Waals surface area contributed by atoms with Gasteiger partial charge in [-0.05, 0) is 24.6 Å². The highest BCUT2D eigenvalue weighted by molar-refractivity contribution is 9.10. The summed E-state index contributed by atoms with van der Waals surface area (Å²) in [5.41, 5.74) is 0.893. The molecule has 2 rings (SSSR count). The van der Waals surface area contributed by atoms with E-state index < -0.39 is 0 Å². The van der Waals surface area contributed by atoms with Gasteiger partial charge in [0.25, 0.3) is 5.91 Å². The van der Waals surface area contributed by atoms with E-state index in [0.29, 0.717) is 17.3 Å². The number of quaternary nitrogens is 1. The molecule has 0 unspecified atom stereocenters. The van der Waals surface area contributed by atoms with Gasteiger partial charge in [0, 0.05) is 4.47 Å². The van der Waals surface area contributed by atoms with Crippen molar-refractivity contribution in [1.82, 2.24) is 5.32 Å². The number of aryl methyl sites for hydroxylation is 1. The van der Waals surface area contributed by atoms with Gasteiger partial charge >= 0.3 is 0 Å². The molecule has 22 heavy (non-hydrogen) atoms. The number of rotatable bonds is 6. The molecule has 7 heteroatoms. The fourth-order valence-electron chi connectivity index (χ4n) is 2.35. The smallest absolute Gasteiger partial charge is 0.258 e. The van der Waals surface area contributed by atoms with Crippen molar-refractivity contribution in [2.75, 3.05) is 46.0 Å². The minimum Gasteiger partial charge on any atom is -0.482 e. The third-order valence-corrected chi connectivity index (χ3v) is 4.28. The van der Waals surface area contributed by atoms with Crippen molar-refractivity contribution in [2.45, 2.75) is 6.92 Å². The maximum absolute atomic E-state index is 11.8. The number of benzene rings is 1. The van der Waals surface area contributed by atoms with E-state index in [0.717, 1.165) is 42.9 Å². The van der Waals surface area contributed by atoms with Crippen LogP contribution in [0.3, 0.4) is 0 Å². The van der Waals surface area contributed by atoms with Gasteiger partial charge in [0.05, 0.1) is 31.3 Å². The zero-order valence-electron chi connectivity index (χ0n) is 12.6. The number of ether oxygens (including phenoxy) is 2. The Balaban J connectivity index is 1.71. The van der Waals surface area contributed by atoms with Crippen molar-refractivity contribution in [3.05, 3.63) is 27.2 Å². The lowest BCUT2D eigenvalue weighted by Crippen LogP contribution is -3.14. The predicted octanol–water partition coefficient (Wildman–Crippen LogP) is 0.821. The Bertz CT molecular complexity index is 499. The van der Waals surface area contributed by atoms with Gasteiger partial charge in [-0.1, -0.05) is 27.5 Å². The van der Waals surface area contributed by atoms with E-state index in [1.165, 1.54) is 4.90 Å². The highest BCUT2D eigenvalue weighted by atomic mass is 79.9. The van der Waals surface area contributed by atoms with Crippen LogP contribution in [0.2, 0.25) is 5.02 Å². The van der Waals surface area contributed by atoms with Gasteiger partial charge in [0.1, 0.15) is 18.8 Å². The Hall–Kier alpha value is -0.820. The second kappa shape index (κ2) is 8.72. The molecule has 2 N–H and O–H groups in total. The number of morpholine rings is 1. The van der Waals surface area contributed by atoms with Crippen LogP contribution in [-0.4, -0.2) is 51.9 Å². The summed E-state index contributed by atoms with van der Waals surface area (Å²) < 4.78 is 11.7. The molecular formula is C15H21BrClN2O3+. The molecule has 1 amide bonds. The molecule has 122 valence electrons. The van der Waals surface area contributed by atoms with Crippen molar-refractivity contribution in [3.63, 3.8) is 0 Å². The summed E-state index contributed by atoms with van der Waals surface area (Å²) in [5, 5.41) is 3.37. The zero-order chi connectivity index (χ0) is 15.9. The topological polar surface area (TPSA) is 52.0 Å². The maximum atomic E-state index is 11.8. The van der Waals surface area contributed by atoms with Crippen LogP contribution in [0.5, 0.6) is 5.75 Å². The maximum Gasteiger partial charge on any atom is 0.258 e. The number of nitrogens with one attached hydrogen (secondary N) is 2. The summed E-state index contributed by atoms with van der Waals surface area (Å²) in [6, 6.07) is 3.66. The van der Waals surface area contributed by atoms with E-state index >= 15 is 0 Å². The van der Waals surface area contributed by atoms with Gasteiger partial charge in [-0.3, -0.25) is 4.79 Å². The first-order valence-corrected chi connectivity index (χ1v) is 8.50. The number of hydrogen-bond donors (Lipinski definition) is 2. The number of carbonyl (C=O) groups excluding carboxylic acids is 1. The molecule has 0 saturated carbocycles. The normalized spacial score (nSPS) is 15.6. The van der Waals surface area contributed by atoms with Gasteiger partial charge in [-0.2, -0.15) is 0 Å². The molecule has 0 aliphatic carbocycles. The van der Waals surface area contributed by atoms with E-state index in [1.54, 1.807) is 6.07 Å². The lowest BCUT2D eigenvalue weighted by molar-refractivity contribution is -0.906. The first-order valence-electron chi connectivity index (χ1n) is 7.32. The molecule has 0 spiro atoms. The molecule has 1 aromatic rings. The van der Waals surface area contributed by atoms with Crippen molar-refractivity contribution >= 4 is 33.4 Å². The van der Waals surface area contributed by atoms with Gasteiger partial charge < -0.3 is 19.7 Å². The highest BCUT2D eigenvalue weighted by Gasteiger charge is 2.14. The highest BCUT2D eigenvalue weighted by Crippen LogP contribution is 2.31. The summed E-state index contributed by atoms with van der Waals surface area (Å²) in [4.78, 5) is 13.3. The van der Waals surface area contributed by atoms with Crippen molar-refractivity contribution in [2.24, 2.45) is 0 Å². The van der Waals surface area contributed by atoms with Crippen molar-refractivity contribution < 1.29 is 19.2 Å². The average Bonchev–Trinajstić information content (AvgIpc) is 2.47. The summed E-state index contributed by atoms with van der Waals surface area (Å²) in [7, 11) is 0. The largest absolute Gasteiger partial charge is 0.482 e. The Morgan fingerprint density at radius 3 is 2.86 bits per heavy atom. The van der Waals surface area contributed by atoms with Gasteiger partial charge in [0.15, 0.2) is 6.61 Å². The van der Waals surface area contributed by atoms with Crippen LogP contribution >= 0.6 is 27.5 Å². The van der Waals surface area contributed by atoms with E-state index in [2.05, 4.69) is 21.2 Å². The molecule has 1 aromatic carbocycles. The molecule has 1 heterocycles. The molecule has 1 fully saturated rings. The second-order valence-corrected chi connectivity index (χ2v) is 6.61. The van der Waals surface area contributed by atoms with Crippen LogP contribution in [0.1, 0.15) is 5.56 Å². The van der Waals surface area contributed by atoms with Gasteiger partial charge in [-0.25, -0.2) is 0 Å². The minimum atomic E-state index is -0.133. The molecule has 0 bridgehead atoms. The number of amides is 1. The summed E-state index contributed by atoms with van der Waals surface area (Å²) in [5.74, 6) is 0.421. The molecule has 1 aliphatic rings. The standard InChI is InChI=1S/C15H20BrClN2O3/c1-11-8-12(16)9-13(17)15(11)22-10-14(20)18-2-3-19-4-6-21-7-5-19/h8-9H,2-7,10H2,1H3,(H,18,20)/p+1. The monoisotopic (exact) mass is 391 g/mol. The first-order chi connectivity index (χ1) is 10.6. The van der Waals surface area contributed by atoms with E-state index in [1.807, 2.05) is 13.0 Å². The Morgan fingerprint density at radius 2 is 2.18 bits per heavy atom. The second-order valence-electron chi connectivity index (χ2n) is 5.28. The third-order valence-electron chi connectivity index (χ3n) is 3.54. The van der Waals surface area contributed by atoms with Crippen LogP contribution in [0, 0.1) is 6.92 Å². The molecular weight excluding hydrogens is 372 g/mol.